The molecule has 4 nitrogen and oxygen atoms in total. The van der Waals surface area contributed by atoms with E-state index in [2.05, 4.69) is 47.5 Å². The number of amides is 1. The van der Waals surface area contributed by atoms with Crippen molar-refractivity contribution in [3.63, 3.8) is 0 Å². The Morgan fingerprint density at radius 1 is 1.25 bits per heavy atom. The average Bonchev–Trinajstić information content (AvgIpc) is 2.42. The van der Waals surface area contributed by atoms with Gasteiger partial charge in [0.1, 0.15) is 5.82 Å². The van der Waals surface area contributed by atoms with Crippen LogP contribution in [0.1, 0.15) is 10.4 Å². The molecule has 7 heteroatoms. The van der Waals surface area contributed by atoms with Crippen molar-refractivity contribution in [1.82, 2.24) is 4.98 Å². The number of benzene rings is 1. The number of hydrogen-bond acceptors (Lipinski definition) is 3. The van der Waals surface area contributed by atoms with Gasteiger partial charge in [0.2, 0.25) is 0 Å². The second kappa shape index (κ2) is 6.56. The van der Waals surface area contributed by atoms with E-state index in [1.54, 1.807) is 37.5 Å². The van der Waals surface area contributed by atoms with Crippen LogP contribution in [0.2, 0.25) is 5.02 Å². The van der Waals surface area contributed by atoms with Crippen molar-refractivity contribution in [3.05, 3.63) is 50.0 Å². The number of carbonyl (C=O) groups excluding carboxylic acids is 1. The Bertz CT molecular complexity index is 664. The number of pyridine rings is 1. The Hall–Kier alpha value is -1.11. The van der Waals surface area contributed by atoms with E-state index >= 15 is 0 Å². The lowest BCUT2D eigenvalue weighted by Gasteiger charge is -2.11. The van der Waals surface area contributed by atoms with Crippen LogP contribution in [-0.4, -0.2) is 17.9 Å². The van der Waals surface area contributed by atoms with E-state index in [4.69, 9.17) is 11.6 Å². The predicted molar refractivity (Wildman–Crippen MR) is 88.6 cm³/mol. The van der Waals surface area contributed by atoms with Crippen LogP contribution in [0.25, 0.3) is 0 Å². The first kappa shape index (κ1) is 15.3. The zero-order chi connectivity index (χ0) is 14.7. The maximum Gasteiger partial charge on any atom is 0.259 e. The van der Waals surface area contributed by atoms with Gasteiger partial charge < -0.3 is 10.6 Å². The summed E-state index contributed by atoms with van der Waals surface area (Å²) in [6.07, 6.45) is 1.62. The summed E-state index contributed by atoms with van der Waals surface area (Å²) < 4.78 is 1.56. The third kappa shape index (κ3) is 3.50. The summed E-state index contributed by atoms with van der Waals surface area (Å²) in [6, 6.07) is 6.95. The van der Waals surface area contributed by atoms with Gasteiger partial charge in [0.25, 0.3) is 5.91 Å². The van der Waals surface area contributed by atoms with Crippen LogP contribution in [0, 0.1) is 0 Å². The maximum absolute atomic E-state index is 12.3. The minimum absolute atomic E-state index is 0.289. The molecule has 0 fully saturated rings. The van der Waals surface area contributed by atoms with Crippen LogP contribution in [0.4, 0.5) is 11.5 Å². The lowest BCUT2D eigenvalue weighted by molar-refractivity contribution is 0.102. The topological polar surface area (TPSA) is 54.0 Å². The van der Waals surface area contributed by atoms with Crippen molar-refractivity contribution in [1.29, 1.82) is 0 Å². The Labute approximate surface area is 138 Å². The van der Waals surface area contributed by atoms with Crippen LogP contribution >= 0.6 is 43.5 Å². The summed E-state index contributed by atoms with van der Waals surface area (Å²) in [5, 5.41) is 6.12. The highest BCUT2D eigenvalue weighted by Crippen LogP contribution is 2.27. The molecular formula is C13H10Br2ClN3O. The lowest BCUT2D eigenvalue weighted by Crippen LogP contribution is -2.15. The number of hydrogen-bond donors (Lipinski definition) is 2. The van der Waals surface area contributed by atoms with Crippen LogP contribution in [-0.2, 0) is 0 Å². The van der Waals surface area contributed by atoms with Crippen LogP contribution in [0.5, 0.6) is 0 Å². The quantitative estimate of drug-likeness (QED) is 0.767. The van der Waals surface area contributed by atoms with Gasteiger partial charge >= 0.3 is 0 Å². The summed E-state index contributed by atoms with van der Waals surface area (Å²) in [4.78, 5) is 16.5. The van der Waals surface area contributed by atoms with E-state index < -0.39 is 0 Å². The molecule has 1 aromatic heterocycles. The van der Waals surface area contributed by atoms with Gasteiger partial charge in [0.15, 0.2) is 0 Å². The highest BCUT2D eigenvalue weighted by molar-refractivity contribution is 9.10. The minimum atomic E-state index is -0.289. The number of carbonyl (C=O) groups is 1. The molecule has 104 valence electrons. The normalized spacial score (nSPS) is 10.2. The van der Waals surface area contributed by atoms with Crippen LogP contribution in [0.15, 0.2) is 39.4 Å². The molecule has 20 heavy (non-hydrogen) atoms. The molecule has 1 aromatic carbocycles. The van der Waals surface area contributed by atoms with Gasteiger partial charge in [-0.05, 0) is 40.2 Å². The molecule has 0 radical (unpaired) electrons. The molecule has 2 aromatic rings. The van der Waals surface area contributed by atoms with Gasteiger partial charge in [-0.3, -0.25) is 4.79 Å². The van der Waals surface area contributed by atoms with Gasteiger partial charge in [-0.15, -0.1) is 0 Å². The smallest absolute Gasteiger partial charge is 0.259 e. The van der Waals surface area contributed by atoms with Crippen molar-refractivity contribution >= 4 is 60.9 Å². The predicted octanol–water partition coefficient (Wildman–Crippen LogP) is 4.55. The third-order valence-corrected chi connectivity index (χ3v) is 3.77. The third-order valence-electron chi connectivity index (χ3n) is 2.51. The van der Waals surface area contributed by atoms with Crippen LogP contribution < -0.4 is 10.6 Å². The monoisotopic (exact) mass is 417 g/mol. The van der Waals surface area contributed by atoms with Crippen molar-refractivity contribution in [2.75, 3.05) is 17.7 Å². The molecule has 1 amide bonds. The van der Waals surface area contributed by atoms with Crippen molar-refractivity contribution in [2.45, 2.75) is 0 Å². The summed E-state index contributed by atoms with van der Waals surface area (Å²) in [7, 11) is 1.71. The molecule has 0 saturated heterocycles. The zero-order valence-corrected chi connectivity index (χ0v) is 14.3. The van der Waals surface area contributed by atoms with Gasteiger partial charge in [0.05, 0.1) is 16.3 Å². The van der Waals surface area contributed by atoms with E-state index in [1.165, 1.54) is 0 Å². The molecule has 0 atom stereocenters. The van der Waals surface area contributed by atoms with Crippen molar-refractivity contribution in [3.8, 4) is 0 Å². The molecule has 0 aliphatic heterocycles. The van der Waals surface area contributed by atoms with Gasteiger partial charge in [-0.1, -0.05) is 27.5 Å². The molecule has 0 aliphatic rings. The van der Waals surface area contributed by atoms with Crippen molar-refractivity contribution < 1.29 is 4.79 Å². The summed E-state index contributed by atoms with van der Waals surface area (Å²) in [6.45, 7) is 0. The molecular weight excluding hydrogens is 409 g/mol. The number of aromatic nitrogens is 1. The standard InChI is InChI=1S/C13H10Br2ClN3O/c1-17-12-9(4-8(15)6-18-12)13(20)19-11-5-7(14)2-3-10(11)16/h2-6H,1H3,(H,17,18)(H,19,20). The van der Waals surface area contributed by atoms with E-state index in [0.29, 0.717) is 22.1 Å². The fourth-order valence-electron chi connectivity index (χ4n) is 1.59. The second-order valence-electron chi connectivity index (χ2n) is 3.88. The summed E-state index contributed by atoms with van der Waals surface area (Å²) in [5.41, 5.74) is 0.964. The molecule has 0 unspecified atom stereocenters. The fraction of sp³-hybridized carbons (Fsp3) is 0.0769. The molecule has 2 rings (SSSR count). The largest absolute Gasteiger partial charge is 0.372 e. The molecule has 0 bridgehead atoms. The first-order valence-corrected chi connectivity index (χ1v) is 7.57. The van der Waals surface area contributed by atoms with Crippen LogP contribution in [0.3, 0.4) is 0 Å². The van der Waals surface area contributed by atoms with Gasteiger partial charge in [-0.25, -0.2) is 4.98 Å². The fourth-order valence-corrected chi connectivity index (χ4v) is 2.45. The first-order valence-electron chi connectivity index (χ1n) is 5.61. The van der Waals surface area contributed by atoms with E-state index in [0.717, 1.165) is 8.95 Å². The maximum atomic E-state index is 12.3. The SMILES string of the molecule is CNc1ncc(Br)cc1C(=O)Nc1cc(Br)ccc1Cl. The Kier molecular flexibility index (Phi) is 5.01. The second-order valence-corrected chi connectivity index (χ2v) is 6.12. The number of halogens is 3. The molecule has 0 spiro atoms. The van der Waals surface area contributed by atoms with E-state index in [1.807, 2.05) is 0 Å². The molecule has 1 heterocycles. The first-order chi connectivity index (χ1) is 9.51. The molecule has 0 saturated carbocycles. The van der Waals surface area contributed by atoms with E-state index in [-0.39, 0.29) is 5.91 Å². The number of nitrogens with zero attached hydrogens (tertiary/aromatic N) is 1. The molecule has 0 aliphatic carbocycles. The number of anilines is 2. The Morgan fingerprint density at radius 3 is 2.70 bits per heavy atom. The Morgan fingerprint density at radius 2 is 2.00 bits per heavy atom. The summed E-state index contributed by atoms with van der Waals surface area (Å²) >= 11 is 12.7. The van der Waals surface area contributed by atoms with Crippen molar-refractivity contribution in [2.24, 2.45) is 0 Å². The Balaban J connectivity index is 2.32. The average molecular weight is 420 g/mol. The minimum Gasteiger partial charge on any atom is -0.372 e. The van der Waals surface area contributed by atoms with E-state index in [9.17, 15) is 4.79 Å². The number of nitrogens with one attached hydrogen (secondary N) is 2. The highest BCUT2D eigenvalue weighted by Gasteiger charge is 2.14. The lowest BCUT2D eigenvalue weighted by atomic mass is 10.2. The summed E-state index contributed by atoms with van der Waals surface area (Å²) in [5.74, 6) is 0.208. The zero-order valence-electron chi connectivity index (χ0n) is 10.4. The highest BCUT2D eigenvalue weighted by atomic mass is 79.9. The molecule has 2 N–H and O–H groups in total. The van der Waals surface area contributed by atoms with Gasteiger partial charge in [-0.2, -0.15) is 0 Å². The van der Waals surface area contributed by atoms with Gasteiger partial charge in [0, 0.05) is 22.2 Å². The number of rotatable bonds is 3.